The average molecular weight is 276 g/mol. The summed E-state index contributed by atoms with van der Waals surface area (Å²) in [4.78, 5) is 8.85. The van der Waals surface area contributed by atoms with Crippen molar-refractivity contribution in [2.24, 2.45) is 5.41 Å². The number of hydrogen-bond acceptors (Lipinski definition) is 4. The van der Waals surface area contributed by atoms with Gasteiger partial charge in [0.25, 0.3) is 0 Å². The number of aromatic nitrogens is 2. The van der Waals surface area contributed by atoms with Gasteiger partial charge < -0.3 is 10.6 Å². The Morgan fingerprint density at radius 2 is 1.75 bits per heavy atom. The van der Waals surface area contributed by atoms with E-state index in [-0.39, 0.29) is 0 Å². The molecule has 1 saturated carbocycles. The van der Waals surface area contributed by atoms with Crippen molar-refractivity contribution in [2.45, 2.75) is 59.3 Å². The molecular weight excluding hydrogens is 248 g/mol. The summed E-state index contributed by atoms with van der Waals surface area (Å²) in [6.45, 7) is 8.53. The van der Waals surface area contributed by atoms with Gasteiger partial charge in [-0.1, -0.05) is 26.7 Å². The lowest BCUT2D eigenvalue weighted by Gasteiger charge is -2.18. The lowest BCUT2D eigenvalue weighted by atomic mass is 10.0. The molecule has 0 amide bonds. The van der Waals surface area contributed by atoms with Crippen molar-refractivity contribution < 1.29 is 0 Å². The molecule has 2 rings (SSSR count). The van der Waals surface area contributed by atoms with Crippen LogP contribution >= 0.6 is 0 Å². The van der Waals surface area contributed by atoms with Crippen LogP contribution in [0.2, 0.25) is 0 Å². The number of hydrogen-bond donors (Lipinski definition) is 2. The van der Waals surface area contributed by atoms with Gasteiger partial charge in [-0.2, -0.15) is 0 Å². The maximum Gasteiger partial charge on any atom is 0.134 e. The Morgan fingerprint density at radius 1 is 1.05 bits per heavy atom. The molecule has 1 aliphatic rings. The molecule has 0 aromatic carbocycles. The second-order valence-corrected chi connectivity index (χ2v) is 5.93. The fourth-order valence-electron chi connectivity index (χ4n) is 2.86. The summed E-state index contributed by atoms with van der Waals surface area (Å²) in [5, 5.41) is 6.94. The highest BCUT2D eigenvalue weighted by molar-refractivity contribution is 5.57. The van der Waals surface area contributed by atoms with Crippen LogP contribution in [-0.2, 0) is 6.42 Å². The fourth-order valence-corrected chi connectivity index (χ4v) is 2.86. The molecule has 0 spiro atoms. The fraction of sp³-hybridized carbons (Fsp3) is 0.750. The monoisotopic (exact) mass is 276 g/mol. The Bertz CT molecular complexity index is 426. The SMILES string of the molecule is CCCc1c(NCC)ncnc1NCC1(CCC)CC1. The normalized spacial score (nSPS) is 15.9. The first kappa shape index (κ1) is 15.1. The third-order valence-electron chi connectivity index (χ3n) is 4.16. The summed E-state index contributed by atoms with van der Waals surface area (Å²) in [5.41, 5.74) is 1.78. The number of anilines is 2. The summed E-state index contributed by atoms with van der Waals surface area (Å²) in [6, 6.07) is 0. The van der Waals surface area contributed by atoms with E-state index in [0.717, 1.165) is 37.6 Å². The second-order valence-electron chi connectivity index (χ2n) is 5.93. The Hall–Kier alpha value is -1.32. The van der Waals surface area contributed by atoms with E-state index in [2.05, 4.69) is 41.4 Å². The van der Waals surface area contributed by atoms with Gasteiger partial charge in [0, 0.05) is 18.7 Å². The van der Waals surface area contributed by atoms with Crippen LogP contribution in [0.25, 0.3) is 0 Å². The minimum atomic E-state index is 0.543. The first-order chi connectivity index (χ1) is 9.74. The van der Waals surface area contributed by atoms with Crippen LogP contribution in [0.1, 0.15) is 58.4 Å². The first-order valence-electron chi connectivity index (χ1n) is 8.06. The van der Waals surface area contributed by atoms with Crippen molar-refractivity contribution in [1.29, 1.82) is 0 Å². The molecule has 112 valence electrons. The molecule has 0 aliphatic heterocycles. The van der Waals surface area contributed by atoms with Gasteiger partial charge in [-0.05, 0) is 38.0 Å². The maximum absolute atomic E-state index is 4.47. The third-order valence-corrected chi connectivity index (χ3v) is 4.16. The molecule has 0 radical (unpaired) electrons. The highest BCUT2D eigenvalue weighted by atomic mass is 15.1. The predicted molar refractivity (Wildman–Crippen MR) is 85.3 cm³/mol. The Labute approximate surface area is 122 Å². The van der Waals surface area contributed by atoms with E-state index in [0.29, 0.717) is 5.41 Å². The zero-order chi connectivity index (χ0) is 14.4. The summed E-state index contributed by atoms with van der Waals surface area (Å²) in [6.07, 6.45) is 9.13. The first-order valence-corrected chi connectivity index (χ1v) is 8.06. The van der Waals surface area contributed by atoms with E-state index in [1.807, 2.05) is 0 Å². The summed E-state index contributed by atoms with van der Waals surface area (Å²) in [5.74, 6) is 2.02. The van der Waals surface area contributed by atoms with E-state index < -0.39 is 0 Å². The van der Waals surface area contributed by atoms with Crippen molar-refractivity contribution in [2.75, 3.05) is 23.7 Å². The highest BCUT2D eigenvalue weighted by Crippen LogP contribution is 2.49. The molecule has 1 aromatic rings. The Balaban J connectivity index is 2.07. The van der Waals surface area contributed by atoms with E-state index in [4.69, 9.17) is 0 Å². The zero-order valence-corrected chi connectivity index (χ0v) is 13.1. The van der Waals surface area contributed by atoms with Gasteiger partial charge in [-0.25, -0.2) is 9.97 Å². The van der Waals surface area contributed by atoms with Crippen LogP contribution in [-0.4, -0.2) is 23.1 Å². The Morgan fingerprint density at radius 3 is 2.30 bits per heavy atom. The van der Waals surface area contributed by atoms with Crippen LogP contribution < -0.4 is 10.6 Å². The van der Waals surface area contributed by atoms with Gasteiger partial charge in [0.05, 0.1) is 0 Å². The van der Waals surface area contributed by atoms with Gasteiger partial charge in [-0.3, -0.25) is 0 Å². The minimum Gasteiger partial charge on any atom is -0.370 e. The molecule has 1 aromatic heterocycles. The van der Waals surface area contributed by atoms with Gasteiger partial charge in [0.2, 0.25) is 0 Å². The highest BCUT2D eigenvalue weighted by Gasteiger charge is 2.41. The molecule has 1 aliphatic carbocycles. The molecule has 0 saturated heterocycles. The predicted octanol–water partition coefficient (Wildman–Crippen LogP) is 3.85. The van der Waals surface area contributed by atoms with Crippen molar-refractivity contribution in [1.82, 2.24) is 9.97 Å². The number of rotatable bonds is 9. The molecule has 0 unspecified atom stereocenters. The zero-order valence-electron chi connectivity index (χ0n) is 13.1. The van der Waals surface area contributed by atoms with Crippen LogP contribution in [0.15, 0.2) is 6.33 Å². The van der Waals surface area contributed by atoms with Gasteiger partial charge in [0.15, 0.2) is 0 Å². The molecule has 4 nitrogen and oxygen atoms in total. The standard InChI is InChI=1S/C16H28N4/c1-4-7-13-14(17-6-3)19-12-20-15(13)18-11-16(8-5-2)9-10-16/h12H,4-11H2,1-3H3,(H2,17,18,19,20). The average Bonchev–Trinajstić information content (AvgIpc) is 3.20. The van der Waals surface area contributed by atoms with Crippen molar-refractivity contribution in [3.05, 3.63) is 11.9 Å². The smallest absolute Gasteiger partial charge is 0.134 e. The number of nitrogens with zero attached hydrogens (tertiary/aromatic N) is 2. The Kier molecular flexibility index (Phi) is 5.21. The quantitative estimate of drug-likeness (QED) is 0.719. The molecule has 4 heteroatoms. The van der Waals surface area contributed by atoms with E-state index in [1.54, 1.807) is 6.33 Å². The lowest BCUT2D eigenvalue weighted by molar-refractivity contribution is 0.485. The molecule has 1 heterocycles. The molecule has 1 fully saturated rings. The lowest BCUT2D eigenvalue weighted by Crippen LogP contribution is -2.18. The van der Waals surface area contributed by atoms with Crippen molar-refractivity contribution in [3.63, 3.8) is 0 Å². The van der Waals surface area contributed by atoms with Crippen LogP contribution in [0.5, 0.6) is 0 Å². The largest absolute Gasteiger partial charge is 0.370 e. The molecule has 0 atom stereocenters. The topological polar surface area (TPSA) is 49.8 Å². The van der Waals surface area contributed by atoms with Crippen molar-refractivity contribution >= 4 is 11.6 Å². The van der Waals surface area contributed by atoms with Gasteiger partial charge in [0.1, 0.15) is 18.0 Å². The maximum atomic E-state index is 4.47. The molecular formula is C16H28N4. The van der Waals surface area contributed by atoms with Crippen LogP contribution in [0.3, 0.4) is 0 Å². The summed E-state index contributed by atoms with van der Waals surface area (Å²) < 4.78 is 0. The summed E-state index contributed by atoms with van der Waals surface area (Å²) in [7, 11) is 0. The minimum absolute atomic E-state index is 0.543. The van der Waals surface area contributed by atoms with E-state index in [1.165, 1.54) is 31.2 Å². The summed E-state index contributed by atoms with van der Waals surface area (Å²) >= 11 is 0. The molecule has 20 heavy (non-hydrogen) atoms. The van der Waals surface area contributed by atoms with Gasteiger partial charge >= 0.3 is 0 Å². The molecule has 2 N–H and O–H groups in total. The second kappa shape index (κ2) is 6.91. The number of nitrogens with one attached hydrogen (secondary N) is 2. The van der Waals surface area contributed by atoms with Gasteiger partial charge in [-0.15, -0.1) is 0 Å². The molecule has 0 bridgehead atoms. The van der Waals surface area contributed by atoms with Crippen molar-refractivity contribution in [3.8, 4) is 0 Å². The van der Waals surface area contributed by atoms with E-state index >= 15 is 0 Å². The van der Waals surface area contributed by atoms with Crippen LogP contribution in [0, 0.1) is 5.41 Å². The third kappa shape index (κ3) is 3.62. The van der Waals surface area contributed by atoms with E-state index in [9.17, 15) is 0 Å². The van der Waals surface area contributed by atoms with Crippen LogP contribution in [0.4, 0.5) is 11.6 Å².